The molecule has 0 bridgehead atoms. The molecule has 3 aromatic rings. The molecule has 0 aliphatic heterocycles. The maximum atomic E-state index is 12.2. The number of thiazole rings is 1. The molecule has 0 spiro atoms. The van der Waals surface area contributed by atoms with E-state index in [1.165, 1.54) is 23.1 Å². The van der Waals surface area contributed by atoms with Crippen molar-refractivity contribution in [2.24, 2.45) is 0 Å². The van der Waals surface area contributed by atoms with Crippen LogP contribution in [0.5, 0.6) is 0 Å². The number of benzene rings is 2. The molecule has 128 valence electrons. The molecule has 4 heteroatoms. The number of nitrogens with one attached hydrogen (secondary N) is 1. The van der Waals surface area contributed by atoms with Crippen LogP contribution in [0.1, 0.15) is 36.3 Å². The van der Waals surface area contributed by atoms with Gasteiger partial charge in [-0.1, -0.05) is 42.5 Å². The van der Waals surface area contributed by atoms with Gasteiger partial charge >= 0.3 is 0 Å². The average Bonchev–Trinajstić information content (AvgIpc) is 3.33. The molecule has 3 nitrogen and oxygen atoms in total. The van der Waals surface area contributed by atoms with Gasteiger partial charge in [-0.2, -0.15) is 0 Å². The number of nitrogens with zero attached hydrogens (tertiary/aromatic N) is 1. The van der Waals surface area contributed by atoms with E-state index in [2.05, 4.69) is 40.6 Å². The highest BCUT2D eigenvalue weighted by Gasteiger charge is 2.44. The van der Waals surface area contributed by atoms with E-state index < -0.39 is 0 Å². The summed E-state index contributed by atoms with van der Waals surface area (Å²) in [5, 5.41) is 4.26. The normalized spacial score (nSPS) is 15.2. The predicted octanol–water partition coefficient (Wildman–Crippen LogP) is 4.47. The Labute approximate surface area is 152 Å². The first kappa shape index (κ1) is 16.3. The second-order valence-electron chi connectivity index (χ2n) is 6.85. The second-order valence-corrected chi connectivity index (χ2v) is 7.97. The van der Waals surface area contributed by atoms with Crippen LogP contribution < -0.4 is 5.32 Å². The number of carbonyl (C=O) groups excluding carboxylic acids is 1. The maximum Gasteiger partial charge on any atom is 0.220 e. The summed E-state index contributed by atoms with van der Waals surface area (Å²) in [4.78, 5) is 16.8. The Morgan fingerprint density at radius 2 is 1.84 bits per heavy atom. The van der Waals surface area contributed by atoms with Gasteiger partial charge in [-0.05, 0) is 43.4 Å². The van der Waals surface area contributed by atoms with E-state index >= 15 is 0 Å². The summed E-state index contributed by atoms with van der Waals surface area (Å²) in [5.41, 5.74) is 2.60. The predicted molar refractivity (Wildman–Crippen MR) is 103 cm³/mol. The van der Waals surface area contributed by atoms with Crippen molar-refractivity contribution in [3.63, 3.8) is 0 Å². The summed E-state index contributed by atoms with van der Waals surface area (Å²) in [6.07, 6.45) is 4.63. The van der Waals surface area contributed by atoms with E-state index in [-0.39, 0.29) is 11.3 Å². The van der Waals surface area contributed by atoms with Gasteiger partial charge in [0.05, 0.1) is 15.2 Å². The standard InChI is InChI=1S/C21H22N2OS/c24-19(22-15-21(13-14-21)16-7-2-1-3-8-16)11-6-12-20-23-17-9-4-5-10-18(17)25-20/h1-5,7-10H,6,11-15H2,(H,22,24). The largest absolute Gasteiger partial charge is 0.355 e. The number of hydrogen-bond acceptors (Lipinski definition) is 3. The Morgan fingerprint density at radius 1 is 1.08 bits per heavy atom. The lowest BCUT2D eigenvalue weighted by atomic mass is 9.96. The topological polar surface area (TPSA) is 42.0 Å². The number of rotatable bonds is 7. The minimum atomic E-state index is 0.156. The van der Waals surface area contributed by atoms with Crippen molar-refractivity contribution in [1.82, 2.24) is 10.3 Å². The number of aryl methyl sites for hydroxylation is 1. The van der Waals surface area contributed by atoms with E-state index in [0.29, 0.717) is 6.42 Å². The molecule has 1 amide bonds. The highest BCUT2D eigenvalue weighted by atomic mass is 32.1. The van der Waals surface area contributed by atoms with Crippen molar-refractivity contribution >= 4 is 27.5 Å². The number of hydrogen-bond donors (Lipinski definition) is 1. The molecule has 1 saturated carbocycles. The van der Waals surface area contributed by atoms with Crippen LogP contribution in [0.4, 0.5) is 0 Å². The van der Waals surface area contributed by atoms with E-state index in [4.69, 9.17) is 0 Å². The van der Waals surface area contributed by atoms with Crippen LogP contribution in [0.15, 0.2) is 54.6 Å². The highest BCUT2D eigenvalue weighted by Crippen LogP contribution is 2.47. The highest BCUT2D eigenvalue weighted by molar-refractivity contribution is 7.18. The van der Waals surface area contributed by atoms with Crippen molar-refractivity contribution in [3.8, 4) is 0 Å². The van der Waals surface area contributed by atoms with Gasteiger partial charge in [0.25, 0.3) is 0 Å². The first-order valence-corrected chi connectivity index (χ1v) is 9.74. The van der Waals surface area contributed by atoms with Gasteiger partial charge in [0.15, 0.2) is 0 Å². The third kappa shape index (κ3) is 3.74. The van der Waals surface area contributed by atoms with Crippen molar-refractivity contribution in [2.75, 3.05) is 6.54 Å². The van der Waals surface area contributed by atoms with Crippen LogP contribution in [0, 0.1) is 0 Å². The van der Waals surface area contributed by atoms with E-state index in [0.717, 1.165) is 29.9 Å². The number of amides is 1. The zero-order valence-corrected chi connectivity index (χ0v) is 15.0. The Balaban J connectivity index is 1.24. The molecular weight excluding hydrogens is 328 g/mol. The fourth-order valence-electron chi connectivity index (χ4n) is 3.29. The fraction of sp³-hybridized carbons (Fsp3) is 0.333. The average molecular weight is 350 g/mol. The zero-order chi connectivity index (χ0) is 17.1. The van der Waals surface area contributed by atoms with Gasteiger partial charge < -0.3 is 5.32 Å². The molecule has 0 saturated heterocycles. The number of fused-ring (bicyclic) bond motifs is 1. The van der Waals surface area contributed by atoms with Gasteiger partial charge in [0.1, 0.15) is 0 Å². The molecule has 4 rings (SSSR count). The van der Waals surface area contributed by atoms with E-state index in [9.17, 15) is 4.79 Å². The summed E-state index contributed by atoms with van der Waals surface area (Å²) >= 11 is 1.73. The van der Waals surface area contributed by atoms with Crippen LogP contribution in [0.25, 0.3) is 10.2 Å². The molecule has 0 atom stereocenters. The van der Waals surface area contributed by atoms with Gasteiger partial charge in [-0.25, -0.2) is 4.98 Å². The molecule has 0 unspecified atom stereocenters. The molecular formula is C21H22N2OS. The lowest BCUT2D eigenvalue weighted by Crippen LogP contribution is -2.32. The number of carbonyl (C=O) groups is 1. The Kier molecular flexibility index (Phi) is 4.53. The third-order valence-electron chi connectivity index (χ3n) is 5.00. The number of aromatic nitrogens is 1. The molecule has 0 radical (unpaired) electrons. The first-order valence-electron chi connectivity index (χ1n) is 8.92. The van der Waals surface area contributed by atoms with Crippen LogP contribution in [0.3, 0.4) is 0 Å². The maximum absolute atomic E-state index is 12.2. The minimum absolute atomic E-state index is 0.156. The zero-order valence-electron chi connectivity index (χ0n) is 14.2. The summed E-state index contributed by atoms with van der Waals surface area (Å²) < 4.78 is 1.22. The molecule has 1 fully saturated rings. The van der Waals surface area contributed by atoms with Gasteiger partial charge in [0, 0.05) is 18.4 Å². The first-order chi connectivity index (χ1) is 12.3. The SMILES string of the molecule is O=C(CCCc1nc2ccccc2s1)NCC1(c2ccccc2)CC1. The number of para-hydroxylation sites is 1. The quantitative estimate of drug-likeness (QED) is 0.683. The van der Waals surface area contributed by atoms with E-state index in [1.54, 1.807) is 11.3 Å². The fourth-order valence-corrected chi connectivity index (χ4v) is 4.30. The third-order valence-corrected chi connectivity index (χ3v) is 6.09. The lowest BCUT2D eigenvalue weighted by Gasteiger charge is -2.16. The van der Waals surface area contributed by atoms with Crippen molar-refractivity contribution in [3.05, 3.63) is 65.2 Å². The van der Waals surface area contributed by atoms with E-state index in [1.807, 2.05) is 24.3 Å². The van der Waals surface area contributed by atoms with Gasteiger partial charge in [0.2, 0.25) is 5.91 Å². The Morgan fingerprint density at radius 3 is 2.60 bits per heavy atom. The summed E-state index contributed by atoms with van der Waals surface area (Å²) in [6.45, 7) is 0.761. The molecule has 1 aromatic heterocycles. The lowest BCUT2D eigenvalue weighted by molar-refractivity contribution is -0.121. The van der Waals surface area contributed by atoms with Gasteiger partial charge in [-0.3, -0.25) is 4.79 Å². The summed E-state index contributed by atoms with van der Waals surface area (Å²) in [5.74, 6) is 0.156. The molecule has 2 aromatic carbocycles. The monoisotopic (exact) mass is 350 g/mol. The van der Waals surface area contributed by atoms with Crippen LogP contribution >= 0.6 is 11.3 Å². The second kappa shape index (κ2) is 6.96. The van der Waals surface area contributed by atoms with Crippen LogP contribution in [0.2, 0.25) is 0 Å². The molecule has 1 aliphatic carbocycles. The Hall–Kier alpha value is -2.20. The minimum Gasteiger partial charge on any atom is -0.355 e. The van der Waals surface area contributed by atoms with Crippen molar-refractivity contribution < 1.29 is 4.79 Å². The van der Waals surface area contributed by atoms with Crippen LogP contribution in [-0.2, 0) is 16.6 Å². The Bertz CT molecular complexity index is 835. The summed E-state index contributed by atoms with van der Waals surface area (Å²) in [7, 11) is 0. The summed E-state index contributed by atoms with van der Waals surface area (Å²) in [6, 6.07) is 18.7. The smallest absolute Gasteiger partial charge is 0.220 e. The van der Waals surface area contributed by atoms with Crippen molar-refractivity contribution in [2.45, 2.75) is 37.5 Å². The van der Waals surface area contributed by atoms with Crippen LogP contribution in [-0.4, -0.2) is 17.4 Å². The molecule has 1 aliphatic rings. The molecule has 25 heavy (non-hydrogen) atoms. The molecule has 1 N–H and O–H groups in total. The van der Waals surface area contributed by atoms with Gasteiger partial charge in [-0.15, -0.1) is 11.3 Å². The molecule has 1 heterocycles. The van der Waals surface area contributed by atoms with Crippen molar-refractivity contribution in [1.29, 1.82) is 0 Å².